The lowest BCUT2D eigenvalue weighted by Crippen LogP contribution is -2.37. The molecule has 0 saturated heterocycles. The van der Waals surface area contributed by atoms with Crippen LogP contribution in [0, 0.1) is 5.82 Å². The Morgan fingerprint density at radius 3 is 2.29 bits per heavy atom. The molecule has 0 aromatic carbocycles. The van der Waals surface area contributed by atoms with Crippen molar-refractivity contribution in [1.29, 1.82) is 0 Å². The second-order valence-electron chi connectivity index (χ2n) is 4.32. The highest BCUT2D eigenvalue weighted by molar-refractivity contribution is 7.87. The van der Waals surface area contributed by atoms with Gasteiger partial charge in [-0.25, -0.2) is 4.98 Å². The van der Waals surface area contributed by atoms with Crippen molar-refractivity contribution in [2.24, 2.45) is 5.73 Å². The first-order chi connectivity index (χ1) is 9.29. The van der Waals surface area contributed by atoms with Gasteiger partial charge in [-0.2, -0.15) is 31.0 Å². The fourth-order valence-corrected chi connectivity index (χ4v) is 1.39. The maximum atomic E-state index is 13.3. The third kappa shape index (κ3) is 3.37. The monoisotopic (exact) mass is 331 g/mol. The number of hydrogen-bond acceptors (Lipinski definition) is 6. The lowest BCUT2D eigenvalue weighted by molar-refractivity contribution is -0.122. The Labute approximate surface area is 116 Å². The zero-order valence-electron chi connectivity index (χ0n) is 10.6. The van der Waals surface area contributed by atoms with Crippen molar-refractivity contribution in [3.63, 3.8) is 0 Å². The summed E-state index contributed by atoms with van der Waals surface area (Å²) < 4.78 is 74.9. The van der Waals surface area contributed by atoms with Gasteiger partial charge >= 0.3 is 15.6 Å². The van der Waals surface area contributed by atoms with Crippen LogP contribution in [0.2, 0.25) is 0 Å². The zero-order valence-corrected chi connectivity index (χ0v) is 11.4. The van der Waals surface area contributed by atoms with E-state index in [2.05, 4.69) is 14.2 Å². The molecule has 1 aromatic rings. The van der Waals surface area contributed by atoms with Crippen LogP contribution >= 0.6 is 0 Å². The van der Waals surface area contributed by atoms with Crippen LogP contribution in [-0.2, 0) is 20.3 Å². The minimum atomic E-state index is -6.10. The highest BCUT2D eigenvalue weighted by Crippen LogP contribution is 2.28. The van der Waals surface area contributed by atoms with Gasteiger partial charge in [0.1, 0.15) is 11.2 Å². The number of nitrogens with two attached hydrogens (primary N) is 1. The molecular weight excluding hydrogens is 322 g/mol. The van der Waals surface area contributed by atoms with E-state index in [1.165, 1.54) is 13.8 Å². The number of nitrogens with zero attached hydrogens (tertiary/aromatic N) is 2. The summed E-state index contributed by atoms with van der Waals surface area (Å²) in [5, 5.41) is 0. The summed E-state index contributed by atoms with van der Waals surface area (Å²) in [5.41, 5.74) is -2.30. The maximum Gasteiger partial charge on any atom is 0.534 e. The summed E-state index contributed by atoms with van der Waals surface area (Å²) in [7, 11) is -6.10. The van der Waals surface area contributed by atoms with Crippen LogP contribution in [-0.4, -0.2) is 29.8 Å². The summed E-state index contributed by atoms with van der Waals surface area (Å²) in [4.78, 5) is 17.7. The normalized spacial score (nSPS) is 13.0. The van der Waals surface area contributed by atoms with Crippen molar-refractivity contribution in [2.75, 3.05) is 0 Å². The summed E-state index contributed by atoms with van der Waals surface area (Å²) >= 11 is 0. The number of halogens is 4. The molecule has 0 fully saturated rings. The van der Waals surface area contributed by atoms with E-state index in [4.69, 9.17) is 5.73 Å². The molecule has 0 bridgehead atoms. The van der Waals surface area contributed by atoms with E-state index in [-0.39, 0.29) is 0 Å². The number of amides is 1. The fraction of sp³-hybridized carbons (Fsp3) is 0.444. The van der Waals surface area contributed by atoms with Gasteiger partial charge in [-0.15, -0.1) is 0 Å². The topological polar surface area (TPSA) is 112 Å². The zero-order chi connectivity index (χ0) is 16.6. The lowest BCUT2D eigenvalue weighted by Gasteiger charge is -2.19. The molecule has 12 heteroatoms. The molecule has 1 aromatic heterocycles. The summed E-state index contributed by atoms with van der Waals surface area (Å²) in [6, 6.07) is 0. The van der Waals surface area contributed by atoms with Gasteiger partial charge in [0, 0.05) is 0 Å². The summed E-state index contributed by atoms with van der Waals surface area (Å²) in [6.45, 7) is 2.43. The average Bonchev–Trinajstić information content (AvgIpc) is 2.29. The second kappa shape index (κ2) is 5.09. The number of aromatic nitrogens is 2. The van der Waals surface area contributed by atoms with E-state index in [0.29, 0.717) is 6.20 Å². The van der Waals surface area contributed by atoms with E-state index >= 15 is 0 Å². The number of carbonyl (C=O) groups is 1. The first kappa shape index (κ1) is 17.1. The molecule has 0 unspecified atom stereocenters. The number of hydrogen-bond donors (Lipinski definition) is 1. The van der Waals surface area contributed by atoms with Gasteiger partial charge in [-0.3, -0.25) is 4.79 Å². The van der Waals surface area contributed by atoms with Crippen LogP contribution < -0.4 is 9.92 Å². The minimum absolute atomic E-state index is 0.369. The Morgan fingerprint density at radius 2 is 1.86 bits per heavy atom. The van der Waals surface area contributed by atoms with E-state index in [1.807, 2.05) is 0 Å². The van der Waals surface area contributed by atoms with Gasteiger partial charge in [0.2, 0.25) is 11.7 Å². The number of primary amides is 1. The number of rotatable bonds is 4. The first-order valence-electron chi connectivity index (χ1n) is 5.12. The van der Waals surface area contributed by atoms with Crippen molar-refractivity contribution in [3.05, 3.63) is 17.8 Å². The number of alkyl halides is 3. The Morgan fingerprint density at radius 1 is 1.33 bits per heavy atom. The van der Waals surface area contributed by atoms with Crippen LogP contribution in [0.25, 0.3) is 0 Å². The van der Waals surface area contributed by atoms with Crippen LogP contribution in [0.4, 0.5) is 17.6 Å². The SMILES string of the molecule is CC(C)(C(N)=O)c1ncc(F)c(OS(=O)(=O)C(F)(F)F)n1. The Kier molecular flexibility index (Phi) is 4.14. The molecule has 2 N–H and O–H groups in total. The molecule has 7 nitrogen and oxygen atoms in total. The van der Waals surface area contributed by atoms with Crippen LogP contribution in [0.3, 0.4) is 0 Å². The van der Waals surface area contributed by atoms with E-state index < -0.39 is 44.5 Å². The van der Waals surface area contributed by atoms with Gasteiger partial charge in [0.05, 0.1) is 6.20 Å². The van der Waals surface area contributed by atoms with Crippen molar-refractivity contribution in [1.82, 2.24) is 9.97 Å². The molecule has 118 valence electrons. The highest BCUT2D eigenvalue weighted by Gasteiger charge is 2.49. The first-order valence-corrected chi connectivity index (χ1v) is 6.53. The molecule has 0 atom stereocenters. The van der Waals surface area contributed by atoms with Gasteiger partial charge in [-0.1, -0.05) is 0 Å². The molecule has 0 radical (unpaired) electrons. The summed E-state index contributed by atoms with van der Waals surface area (Å²) in [6.07, 6.45) is 0.369. The molecule has 1 heterocycles. The van der Waals surface area contributed by atoms with Crippen molar-refractivity contribution in [2.45, 2.75) is 24.8 Å². The lowest BCUT2D eigenvalue weighted by atomic mass is 9.92. The van der Waals surface area contributed by atoms with E-state index in [9.17, 15) is 30.8 Å². The fourth-order valence-electron chi connectivity index (χ4n) is 0.972. The quantitative estimate of drug-likeness (QED) is 0.491. The molecule has 0 saturated carbocycles. The summed E-state index contributed by atoms with van der Waals surface area (Å²) in [5.74, 6) is -4.49. The van der Waals surface area contributed by atoms with Crippen LogP contribution in [0.5, 0.6) is 5.88 Å². The minimum Gasteiger partial charge on any atom is -0.369 e. The second-order valence-corrected chi connectivity index (χ2v) is 5.86. The number of carbonyl (C=O) groups excluding carboxylic acids is 1. The Hall–Kier alpha value is -1.98. The molecule has 21 heavy (non-hydrogen) atoms. The largest absolute Gasteiger partial charge is 0.534 e. The Bertz CT molecular complexity index is 672. The van der Waals surface area contributed by atoms with Gasteiger partial charge < -0.3 is 9.92 Å². The molecular formula is C9H9F4N3O4S. The smallest absolute Gasteiger partial charge is 0.369 e. The predicted molar refractivity (Wildman–Crippen MR) is 59.8 cm³/mol. The van der Waals surface area contributed by atoms with Gasteiger partial charge in [-0.05, 0) is 13.8 Å². The molecule has 0 aliphatic rings. The standard InChI is InChI=1S/C9H9F4N3O4S/c1-8(2,6(14)17)7-15-3-4(10)5(16-7)20-21(18,19)9(11,12)13/h3H,1-2H3,(H2,14,17). The molecule has 0 aliphatic carbocycles. The molecule has 0 aliphatic heterocycles. The van der Waals surface area contributed by atoms with Gasteiger partial charge in [0.25, 0.3) is 5.88 Å². The molecule has 0 spiro atoms. The highest BCUT2D eigenvalue weighted by atomic mass is 32.2. The molecule has 1 rings (SSSR count). The van der Waals surface area contributed by atoms with Crippen LogP contribution in [0.1, 0.15) is 19.7 Å². The predicted octanol–water partition coefficient (Wildman–Crippen LogP) is 0.607. The van der Waals surface area contributed by atoms with E-state index in [1.54, 1.807) is 0 Å². The average molecular weight is 331 g/mol. The van der Waals surface area contributed by atoms with Crippen LogP contribution in [0.15, 0.2) is 6.20 Å². The maximum absolute atomic E-state index is 13.3. The molecule has 1 amide bonds. The van der Waals surface area contributed by atoms with Crippen molar-refractivity contribution >= 4 is 16.0 Å². The third-order valence-electron chi connectivity index (χ3n) is 2.36. The van der Waals surface area contributed by atoms with Gasteiger partial charge in [0.15, 0.2) is 0 Å². The van der Waals surface area contributed by atoms with Crippen molar-refractivity contribution < 1.29 is 35.0 Å². The van der Waals surface area contributed by atoms with E-state index in [0.717, 1.165) is 0 Å². The Balaban J connectivity index is 3.31. The van der Waals surface area contributed by atoms with Crippen molar-refractivity contribution in [3.8, 4) is 5.88 Å². The third-order valence-corrected chi connectivity index (χ3v) is 3.30.